The first-order valence-corrected chi connectivity index (χ1v) is 8.75. The fourth-order valence-corrected chi connectivity index (χ4v) is 3.97. The highest BCUT2D eigenvalue weighted by molar-refractivity contribution is 6.26. The average molecular weight is 368 g/mol. The van der Waals surface area contributed by atoms with E-state index >= 15 is 0 Å². The monoisotopic (exact) mass is 368 g/mol. The number of aromatic hydroxyl groups is 2. The lowest BCUT2D eigenvalue weighted by atomic mass is 9.99. The smallest absolute Gasteiger partial charge is 0.186 e. The zero-order valence-corrected chi connectivity index (χ0v) is 14.4. The molecule has 0 saturated carbocycles. The van der Waals surface area contributed by atoms with E-state index in [2.05, 4.69) is 0 Å². The molecule has 2 heterocycles. The predicted octanol–water partition coefficient (Wildman–Crippen LogP) is 5.41. The Morgan fingerprint density at radius 2 is 1.25 bits per heavy atom. The molecule has 5 heteroatoms. The minimum Gasteiger partial charge on any atom is -0.508 e. The van der Waals surface area contributed by atoms with Crippen LogP contribution in [0, 0.1) is 0 Å². The van der Waals surface area contributed by atoms with Gasteiger partial charge in [-0.25, -0.2) is 0 Å². The van der Waals surface area contributed by atoms with Gasteiger partial charge in [0.05, 0.1) is 5.39 Å². The predicted molar refractivity (Wildman–Crippen MR) is 108 cm³/mol. The van der Waals surface area contributed by atoms with Crippen LogP contribution in [-0.4, -0.2) is 10.2 Å². The third-order valence-electron chi connectivity index (χ3n) is 5.16. The number of rotatable bonds is 0. The van der Waals surface area contributed by atoms with Crippen molar-refractivity contribution in [3.05, 3.63) is 70.9 Å². The Bertz CT molecular complexity index is 1650. The Balaban J connectivity index is 1.97. The molecule has 6 aromatic rings. The van der Waals surface area contributed by atoms with Crippen molar-refractivity contribution in [3.8, 4) is 11.5 Å². The molecule has 0 atom stereocenters. The largest absolute Gasteiger partial charge is 0.508 e. The molecule has 0 bridgehead atoms. The Labute approximate surface area is 156 Å². The molecule has 6 rings (SSSR count). The van der Waals surface area contributed by atoms with Crippen molar-refractivity contribution in [1.29, 1.82) is 0 Å². The van der Waals surface area contributed by atoms with E-state index in [0.717, 1.165) is 32.3 Å². The van der Waals surface area contributed by atoms with Crippen LogP contribution in [0.2, 0.25) is 0 Å². The van der Waals surface area contributed by atoms with E-state index in [1.165, 1.54) is 18.2 Å². The normalized spacial score (nSPS) is 12.0. The lowest BCUT2D eigenvalue weighted by Gasteiger charge is -2.12. The van der Waals surface area contributed by atoms with Gasteiger partial charge in [-0.05, 0) is 47.2 Å². The van der Waals surface area contributed by atoms with E-state index in [1.807, 2.05) is 18.2 Å². The third kappa shape index (κ3) is 1.98. The highest BCUT2D eigenvalue weighted by Gasteiger charge is 2.17. The molecule has 2 aromatic heterocycles. The van der Waals surface area contributed by atoms with Gasteiger partial charge in [0.15, 0.2) is 5.43 Å². The summed E-state index contributed by atoms with van der Waals surface area (Å²) in [6.45, 7) is 0. The minimum absolute atomic E-state index is 0.0857. The maximum absolute atomic E-state index is 12.1. The fourth-order valence-electron chi connectivity index (χ4n) is 3.97. The first-order valence-electron chi connectivity index (χ1n) is 8.75. The Morgan fingerprint density at radius 1 is 0.571 bits per heavy atom. The summed E-state index contributed by atoms with van der Waals surface area (Å²) in [6, 6.07) is 16.8. The fraction of sp³-hybridized carbons (Fsp3) is 0. The van der Waals surface area contributed by atoms with E-state index in [-0.39, 0.29) is 16.9 Å². The molecule has 4 aromatic carbocycles. The number of fused-ring (bicyclic) bond motifs is 5. The molecular weight excluding hydrogens is 356 g/mol. The van der Waals surface area contributed by atoms with Gasteiger partial charge in [-0.1, -0.05) is 6.07 Å². The molecule has 5 nitrogen and oxygen atoms in total. The molecule has 28 heavy (non-hydrogen) atoms. The second-order valence-electron chi connectivity index (χ2n) is 6.93. The van der Waals surface area contributed by atoms with Gasteiger partial charge in [0.25, 0.3) is 0 Å². The summed E-state index contributed by atoms with van der Waals surface area (Å²) < 4.78 is 12.0. The van der Waals surface area contributed by atoms with Crippen LogP contribution < -0.4 is 5.43 Å². The van der Waals surface area contributed by atoms with Gasteiger partial charge in [0.1, 0.15) is 33.8 Å². The number of benzene rings is 4. The number of hydrogen-bond acceptors (Lipinski definition) is 5. The molecular formula is C23H12O5. The Morgan fingerprint density at radius 3 is 2.04 bits per heavy atom. The van der Waals surface area contributed by atoms with Gasteiger partial charge in [-0.15, -0.1) is 0 Å². The Kier molecular flexibility index (Phi) is 2.72. The van der Waals surface area contributed by atoms with Gasteiger partial charge in [-0.3, -0.25) is 4.79 Å². The second-order valence-corrected chi connectivity index (χ2v) is 6.93. The van der Waals surface area contributed by atoms with Crippen LogP contribution in [-0.2, 0) is 0 Å². The molecule has 2 N–H and O–H groups in total. The molecule has 0 spiro atoms. The number of phenolic OH excluding ortho intramolecular Hbond substituents is 2. The average Bonchev–Trinajstić information content (AvgIpc) is 2.65. The van der Waals surface area contributed by atoms with Crippen LogP contribution in [0.5, 0.6) is 11.5 Å². The first-order chi connectivity index (χ1) is 13.6. The van der Waals surface area contributed by atoms with Gasteiger partial charge in [0, 0.05) is 34.4 Å². The number of hydrogen-bond donors (Lipinski definition) is 2. The van der Waals surface area contributed by atoms with E-state index in [0.29, 0.717) is 22.3 Å². The lowest BCUT2D eigenvalue weighted by Crippen LogP contribution is -1.97. The molecule has 0 radical (unpaired) electrons. The quantitative estimate of drug-likeness (QED) is 0.277. The van der Waals surface area contributed by atoms with E-state index in [1.54, 1.807) is 24.3 Å². The van der Waals surface area contributed by atoms with Crippen LogP contribution in [0.1, 0.15) is 0 Å². The van der Waals surface area contributed by atoms with Crippen LogP contribution in [0.25, 0.3) is 54.6 Å². The molecule has 0 unspecified atom stereocenters. The van der Waals surface area contributed by atoms with Gasteiger partial charge in [0.2, 0.25) is 0 Å². The molecule has 0 aliphatic rings. The van der Waals surface area contributed by atoms with E-state index < -0.39 is 0 Å². The van der Waals surface area contributed by atoms with E-state index in [4.69, 9.17) is 8.83 Å². The van der Waals surface area contributed by atoms with E-state index in [9.17, 15) is 15.0 Å². The molecule has 0 aliphatic heterocycles. The van der Waals surface area contributed by atoms with Crippen LogP contribution in [0.15, 0.2) is 74.3 Å². The number of phenols is 2. The minimum atomic E-state index is -0.224. The highest BCUT2D eigenvalue weighted by atomic mass is 16.3. The van der Waals surface area contributed by atoms with Crippen molar-refractivity contribution < 1.29 is 19.0 Å². The molecule has 0 aliphatic carbocycles. The lowest BCUT2D eigenvalue weighted by molar-refractivity contribution is 0.474. The maximum Gasteiger partial charge on any atom is 0.186 e. The zero-order valence-electron chi connectivity index (χ0n) is 14.4. The van der Waals surface area contributed by atoms with Gasteiger partial charge in [-0.2, -0.15) is 0 Å². The van der Waals surface area contributed by atoms with Crippen molar-refractivity contribution >= 4 is 54.6 Å². The summed E-state index contributed by atoms with van der Waals surface area (Å²) in [5.41, 5.74) is 1.70. The standard InChI is InChI=1S/C23H12O5/c24-13-2-1-11-6-17-18(7-12(11)5-13)27-20-9-15(26)10-21-23(20)22(17)16-4-3-14(25)8-19(16)28-21/h1-10,24-25H. The maximum atomic E-state index is 12.1. The zero-order chi connectivity index (χ0) is 19.0. The van der Waals surface area contributed by atoms with Crippen LogP contribution in [0.3, 0.4) is 0 Å². The van der Waals surface area contributed by atoms with Crippen molar-refractivity contribution in [2.45, 2.75) is 0 Å². The Hall–Kier alpha value is -3.99. The molecule has 0 saturated heterocycles. The summed E-state index contributed by atoms with van der Waals surface area (Å²) in [6.07, 6.45) is 0. The highest BCUT2D eigenvalue weighted by Crippen LogP contribution is 2.40. The molecule has 0 fully saturated rings. The topological polar surface area (TPSA) is 83.8 Å². The summed E-state index contributed by atoms with van der Waals surface area (Å²) in [5.74, 6) is 0.259. The second kappa shape index (κ2) is 5.04. The summed E-state index contributed by atoms with van der Waals surface area (Å²) in [7, 11) is 0. The van der Waals surface area contributed by atoms with Crippen LogP contribution in [0.4, 0.5) is 0 Å². The third-order valence-corrected chi connectivity index (χ3v) is 5.16. The first kappa shape index (κ1) is 15.1. The summed E-state index contributed by atoms with van der Waals surface area (Å²) in [4.78, 5) is 12.1. The van der Waals surface area contributed by atoms with Gasteiger partial charge < -0.3 is 19.0 Å². The summed E-state index contributed by atoms with van der Waals surface area (Å²) >= 11 is 0. The van der Waals surface area contributed by atoms with Crippen LogP contribution >= 0.6 is 0 Å². The van der Waals surface area contributed by atoms with Crippen molar-refractivity contribution in [3.63, 3.8) is 0 Å². The van der Waals surface area contributed by atoms with Crippen molar-refractivity contribution in [2.75, 3.05) is 0 Å². The van der Waals surface area contributed by atoms with Crippen molar-refractivity contribution in [2.24, 2.45) is 0 Å². The summed E-state index contributed by atoms with van der Waals surface area (Å²) in [5, 5.41) is 24.8. The van der Waals surface area contributed by atoms with Gasteiger partial charge >= 0.3 is 0 Å². The molecule has 0 amide bonds. The molecule has 134 valence electrons. The SMILES string of the molecule is O=c1cc2oc3cc(O)ccc3c3c4cc5ccc(O)cc5cc4oc(c1)c23. The van der Waals surface area contributed by atoms with Crippen molar-refractivity contribution in [1.82, 2.24) is 0 Å².